The number of benzene rings is 1. The highest BCUT2D eigenvalue weighted by Gasteiger charge is 2.10. The molecule has 3 heteroatoms. The number of fused-ring (bicyclic) bond motifs is 1. The molecule has 0 unspecified atom stereocenters. The molecule has 68 valence electrons. The summed E-state index contributed by atoms with van der Waals surface area (Å²) in [5.74, 6) is -0.153. The SMILES string of the molecule is CCc1ccc(Cl)c2scc(F)c12. The largest absolute Gasteiger partial charge is 0.205 e. The van der Waals surface area contributed by atoms with Crippen LogP contribution in [-0.2, 0) is 6.42 Å². The van der Waals surface area contributed by atoms with E-state index in [1.165, 1.54) is 16.7 Å². The van der Waals surface area contributed by atoms with Gasteiger partial charge in [0.1, 0.15) is 5.82 Å². The van der Waals surface area contributed by atoms with Crippen LogP contribution in [0.3, 0.4) is 0 Å². The number of rotatable bonds is 1. The van der Waals surface area contributed by atoms with Crippen LogP contribution >= 0.6 is 22.9 Å². The molecule has 0 aliphatic carbocycles. The Morgan fingerprint density at radius 3 is 2.92 bits per heavy atom. The summed E-state index contributed by atoms with van der Waals surface area (Å²) in [5.41, 5.74) is 1.03. The van der Waals surface area contributed by atoms with E-state index in [0.717, 1.165) is 16.7 Å². The summed E-state index contributed by atoms with van der Waals surface area (Å²) in [7, 11) is 0. The minimum atomic E-state index is -0.153. The van der Waals surface area contributed by atoms with E-state index in [1.54, 1.807) is 0 Å². The fraction of sp³-hybridized carbons (Fsp3) is 0.200. The second-order valence-corrected chi connectivity index (χ2v) is 4.13. The molecule has 0 fully saturated rings. The van der Waals surface area contributed by atoms with Crippen molar-refractivity contribution in [3.63, 3.8) is 0 Å². The van der Waals surface area contributed by atoms with E-state index in [2.05, 4.69) is 0 Å². The van der Waals surface area contributed by atoms with Crippen LogP contribution in [0.15, 0.2) is 17.5 Å². The van der Waals surface area contributed by atoms with Crippen molar-refractivity contribution in [3.8, 4) is 0 Å². The molecule has 1 aromatic carbocycles. The molecule has 0 nitrogen and oxygen atoms in total. The molecule has 0 saturated carbocycles. The third-order valence-corrected chi connectivity index (χ3v) is 3.51. The Bertz CT molecular complexity index is 447. The molecular formula is C10H8ClFS. The van der Waals surface area contributed by atoms with Crippen LogP contribution in [0.1, 0.15) is 12.5 Å². The van der Waals surface area contributed by atoms with Crippen molar-refractivity contribution in [1.82, 2.24) is 0 Å². The summed E-state index contributed by atoms with van der Waals surface area (Å²) >= 11 is 7.31. The molecule has 2 aromatic rings. The van der Waals surface area contributed by atoms with E-state index >= 15 is 0 Å². The topological polar surface area (TPSA) is 0 Å². The van der Waals surface area contributed by atoms with Gasteiger partial charge in [-0.1, -0.05) is 24.6 Å². The maximum absolute atomic E-state index is 13.3. The molecule has 0 bridgehead atoms. The number of halogens is 2. The lowest BCUT2D eigenvalue weighted by Crippen LogP contribution is -1.82. The van der Waals surface area contributed by atoms with E-state index < -0.39 is 0 Å². The van der Waals surface area contributed by atoms with Crippen molar-refractivity contribution in [2.75, 3.05) is 0 Å². The predicted octanol–water partition coefficient (Wildman–Crippen LogP) is 4.26. The third-order valence-electron chi connectivity index (χ3n) is 2.10. The maximum Gasteiger partial charge on any atom is 0.142 e. The van der Waals surface area contributed by atoms with Gasteiger partial charge in [-0.3, -0.25) is 0 Å². The van der Waals surface area contributed by atoms with E-state index in [-0.39, 0.29) is 5.82 Å². The second kappa shape index (κ2) is 3.28. The Morgan fingerprint density at radius 2 is 2.23 bits per heavy atom. The predicted molar refractivity (Wildman–Crippen MR) is 56.2 cm³/mol. The van der Waals surface area contributed by atoms with Gasteiger partial charge in [-0.15, -0.1) is 11.3 Å². The zero-order chi connectivity index (χ0) is 9.42. The summed E-state index contributed by atoms with van der Waals surface area (Å²) < 4.78 is 14.2. The first kappa shape index (κ1) is 8.97. The van der Waals surface area contributed by atoms with Crippen molar-refractivity contribution < 1.29 is 4.39 Å². The lowest BCUT2D eigenvalue weighted by atomic mass is 10.1. The quantitative estimate of drug-likeness (QED) is 0.666. The van der Waals surface area contributed by atoms with Gasteiger partial charge in [0.25, 0.3) is 0 Å². The van der Waals surface area contributed by atoms with E-state index in [0.29, 0.717) is 10.4 Å². The Balaban J connectivity index is 2.88. The second-order valence-electron chi connectivity index (χ2n) is 2.85. The highest BCUT2D eigenvalue weighted by Crippen LogP contribution is 2.33. The molecule has 0 amide bonds. The lowest BCUT2D eigenvalue weighted by Gasteiger charge is -2.00. The standard InChI is InChI=1S/C10H8ClFS/c1-2-6-3-4-7(11)10-9(6)8(12)5-13-10/h3-5H,2H2,1H3. The summed E-state index contributed by atoms with van der Waals surface area (Å²) in [6, 6.07) is 3.72. The molecule has 1 aromatic heterocycles. The molecule has 0 spiro atoms. The zero-order valence-electron chi connectivity index (χ0n) is 7.10. The van der Waals surface area contributed by atoms with Crippen molar-refractivity contribution in [2.24, 2.45) is 0 Å². The van der Waals surface area contributed by atoms with E-state index in [1.807, 2.05) is 19.1 Å². The lowest BCUT2D eigenvalue weighted by molar-refractivity contribution is 0.643. The average Bonchev–Trinajstić information content (AvgIpc) is 2.51. The maximum atomic E-state index is 13.3. The molecule has 0 aliphatic rings. The third kappa shape index (κ3) is 1.34. The van der Waals surface area contributed by atoms with E-state index in [9.17, 15) is 4.39 Å². The molecule has 0 atom stereocenters. The Kier molecular flexibility index (Phi) is 2.26. The Hall–Kier alpha value is -0.600. The molecule has 0 radical (unpaired) electrons. The minimum absolute atomic E-state index is 0.153. The highest BCUT2D eigenvalue weighted by molar-refractivity contribution is 7.18. The summed E-state index contributed by atoms with van der Waals surface area (Å²) in [6.45, 7) is 2.01. The van der Waals surface area contributed by atoms with Crippen LogP contribution in [0.4, 0.5) is 4.39 Å². The van der Waals surface area contributed by atoms with Gasteiger partial charge in [-0.25, -0.2) is 4.39 Å². The normalized spacial score (nSPS) is 11.0. The van der Waals surface area contributed by atoms with Crippen molar-refractivity contribution in [1.29, 1.82) is 0 Å². The molecule has 0 N–H and O–H groups in total. The number of hydrogen-bond donors (Lipinski definition) is 0. The number of aryl methyl sites for hydroxylation is 1. The summed E-state index contributed by atoms with van der Waals surface area (Å²) in [6.07, 6.45) is 0.835. The summed E-state index contributed by atoms with van der Waals surface area (Å²) in [4.78, 5) is 0. The summed E-state index contributed by atoms with van der Waals surface area (Å²) in [5, 5.41) is 2.84. The zero-order valence-corrected chi connectivity index (χ0v) is 8.68. The average molecular weight is 215 g/mol. The Morgan fingerprint density at radius 1 is 1.46 bits per heavy atom. The van der Waals surface area contributed by atoms with Gasteiger partial charge in [0, 0.05) is 10.8 Å². The first-order valence-electron chi connectivity index (χ1n) is 4.08. The molecule has 13 heavy (non-hydrogen) atoms. The number of hydrogen-bond acceptors (Lipinski definition) is 1. The van der Waals surface area contributed by atoms with Gasteiger partial charge in [-0.05, 0) is 18.1 Å². The molecule has 1 heterocycles. The van der Waals surface area contributed by atoms with Gasteiger partial charge in [0.05, 0.1) is 9.72 Å². The minimum Gasteiger partial charge on any atom is -0.205 e. The van der Waals surface area contributed by atoms with Crippen LogP contribution in [0, 0.1) is 5.82 Å². The highest BCUT2D eigenvalue weighted by atomic mass is 35.5. The van der Waals surface area contributed by atoms with Crippen LogP contribution in [-0.4, -0.2) is 0 Å². The van der Waals surface area contributed by atoms with Crippen LogP contribution in [0.2, 0.25) is 5.02 Å². The van der Waals surface area contributed by atoms with Gasteiger partial charge in [-0.2, -0.15) is 0 Å². The fourth-order valence-electron chi connectivity index (χ4n) is 1.44. The van der Waals surface area contributed by atoms with Crippen molar-refractivity contribution in [2.45, 2.75) is 13.3 Å². The molecule has 0 saturated heterocycles. The van der Waals surface area contributed by atoms with Crippen molar-refractivity contribution >= 4 is 33.0 Å². The fourth-order valence-corrected chi connectivity index (χ4v) is 2.60. The van der Waals surface area contributed by atoms with Gasteiger partial charge in [0.15, 0.2) is 0 Å². The van der Waals surface area contributed by atoms with Crippen molar-refractivity contribution in [3.05, 3.63) is 33.9 Å². The van der Waals surface area contributed by atoms with Gasteiger partial charge >= 0.3 is 0 Å². The van der Waals surface area contributed by atoms with Gasteiger partial charge in [0.2, 0.25) is 0 Å². The monoisotopic (exact) mass is 214 g/mol. The molecule has 0 aliphatic heterocycles. The van der Waals surface area contributed by atoms with Crippen LogP contribution < -0.4 is 0 Å². The van der Waals surface area contributed by atoms with Crippen LogP contribution in [0.25, 0.3) is 10.1 Å². The first-order chi connectivity index (χ1) is 6.24. The molecule has 2 rings (SSSR count). The van der Waals surface area contributed by atoms with E-state index in [4.69, 9.17) is 11.6 Å². The number of thiophene rings is 1. The Labute approximate surface area is 85.0 Å². The molecular weight excluding hydrogens is 207 g/mol. The van der Waals surface area contributed by atoms with Gasteiger partial charge < -0.3 is 0 Å². The first-order valence-corrected chi connectivity index (χ1v) is 5.34. The van der Waals surface area contributed by atoms with Crippen LogP contribution in [0.5, 0.6) is 0 Å². The smallest absolute Gasteiger partial charge is 0.142 e.